The van der Waals surface area contributed by atoms with Crippen LogP contribution in [-0.4, -0.2) is 48.6 Å². The van der Waals surface area contributed by atoms with Gasteiger partial charge in [0.05, 0.1) is 5.92 Å². The minimum atomic E-state index is 0.0817. The molecule has 22 heavy (non-hydrogen) atoms. The van der Waals surface area contributed by atoms with Gasteiger partial charge in [-0.15, -0.1) is 0 Å². The molecule has 2 aliphatic heterocycles. The maximum atomic E-state index is 13.1. The fraction of sp³-hybridized carbons (Fsp3) is 0.647. The number of hydrogen-bond donors (Lipinski definition) is 1. The molecular formula is C17H25N3O2. The molecule has 1 N–H and O–H groups in total. The van der Waals surface area contributed by atoms with E-state index in [-0.39, 0.29) is 17.2 Å². The standard InChI is InChI=1S/C17H25N3O2/c1-2-20(12-14-3-7-18-8-4-14)16(21)15-11-19-13-17(15)5-9-22-10-6-17/h3-4,7-8,15,19H,2,5-6,9-13H2,1H3. The lowest BCUT2D eigenvalue weighted by Gasteiger charge is -2.39. The van der Waals surface area contributed by atoms with Gasteiger partial charge in [0.15, 0.2) is 0 Å². The van der Waals surface area contributed by atoms with Crippen molar-refractivity contribution >= 4 is 5.91 Å². The largest absolute Gasteiger partial charge is 0.381 e. The molecule has 2 aliphatic rings. The van der Waals surface area contributed by atoms with E-state index in [1.54, 1.807) is 12.4 Å². The maximum Gasteiger partial charge on any atom is 0.227 e. The number of carbonyl (C=O) groups is 1. The van der Waals surface area contributed by atoms with Crippen LogP contribution in [0, 0.1) is 11.3 Å². The van der Waals surface area contributed by atoms with Gasteiger partial charge in [0.25, 0.3) is 0 Å². The van der Waals surface area contributed by atoms with Gasteiger partial charge < -0.3 is 15.0 Å². The van der Waals surface area contributed by atoms with E-state index in [2.05, 4.69) is 17.2 Å². The summed E-state index contributed by atoms with van der Waals surface area (Å²) in [7, 11) is 0. The van der Waals surface area contributed by atoms with Crippen LogP contribution in [0.5, 0.6) is 0 Å². The predicted molar refractivity (Wildman–Crippen MR) is 84.2 cm³/mol. The van der Waals surface area contributed by atoms with E-state index < -0.39 is 0 Å². The molecule has 0 aliphatic carbocycles. The SMILES string of the molecule is CCN(Cc1ccncc1)C(=O)C1CNCC12CCOCC2. The Hall–Kier alpha value is -1.46. The van der Waals surface area contributed by atoms with Gasteiger partial charge in [-0.2, -0.15) is 0 Å². The summed E-state index contributed by atoms with van der Waals surface area (Å²) >= 11 is 0. The van der Waals surface area contributed by atoms with E-state index in [1.165, 1.54) is 0 Å². The van der Waals surface area contributed by atoms with Gasteiger partial charge >= 0.3 is 0 Å². The highest BCUT2D eigenvalue weighted by Gasteiger charge is 2.48. The van der Waals surface area contributed by atoms with Gasteiger partial charge in [-0.1, -0.05) is 0 Å². The van der Waals surface area contributed by atoms with Gasteiger partial charge in [-0.3, -0.25) is 9.78 Å². The topological polar surface area (TPSA) is 54.5 Å². The molecule has 5 nitrogen and oxygen atoms in total. The summed E-state index contributed by atoms with van der Waals surface area (Å²) in [5.41, 5.74) is 1.23. The van der Waals surface area contributed by atoms with Crippen LogP contribution in [0.1, 0.15) is 25.3 Å². The molecular weight excluding hydrogens is 278 g/mol. The Morgan fingerprint density at radius 1 is 1.41 bits per heavy atom. The zero-order valence-corrected chi connectivity index (χ0v) is 13.3. The van der Waals surface area contributed by atoms with E-state index in [1.807, 2.05) is 17.0 Å². The summed E-state index contributed by atoms with van der Waals surface area (Å²) in [4.78, 5) is 19.1. The van der Waals surface area contributed by atoms with Crippen LogP contribution in [0.25, 0.3) is 0 Å². The molecule has 5 heteroatoms. The summed E-state index contributed by atoms with van der Waals surface area (Å²) < 4.78 is 5.51. The normalized spacial score (nSPS) is 23.6. The van der Waals surface area contributed by atoms with Crippen LogP contribution in [0.4, 0.5) is 0 Å². The Morgan fingerprint density at radius 3 is 2.82 bits per heavy atom. The lowest BCUT2D eigenvalue weighted by atomic mass is 9.71. The molecule has 2 saturated heterocycles. The summed E-state index contributed by atoms with van der Waals surface area (Å²) in [6.07, 6.45) is 5.54. The lowest BCUT2D eigenvalue weighted by molar-refractivity contribution is -0.141. The number of ether oxygens (including phenoxy) is 1. The predicted octanol–water partition coefficient (Wildman–Crippen LogP) is 1.45. The average Bonchev–Trinajstić information content (AvgIpc) is 2.96. The van der Waals surface area contributed by atoms with E-state index in [9.17, 15) is 4.79 Å². The first kappa shape index (κ1) is 15.4. The van der Waals surface area contributed by atoms with Crippen LogP contribution < -0.4 is 5.32 Å². The first-order valence-corrected chi connectivity index (χ1v) is 8.21. The molecule has 1 unspecified atom stereocenters. The van der Waals surface area contributed by atoms with Gasteiger partial charge in [0, 0.05) is 51.8 Å². The van der Waals surface area contributed by atoms with Crippen molar-refractivity contribution < 1.29 is 9.53 Å². The van der Waals surface area contributed by atoms with Crippen molar-refractivity contribution in [1.29, 1.82) is 0 Å². The van der Waals surface area contributed by atoms with Crippen LogP contribution in [0.3, 0.4) is 0 Å². The fourth-order valence-corrected chi connectivity index (χ4v) is 3.73. The van der Waals surface area contributed by atoms with E-state index in [0.29, 0.717) is 6.54 Å². The smallest absolute Gasteiger partial charge is 0.227 e. The fourth-order valence-electron chi connectivity index (χ4n) is 3.73. The molecule has 1 aromatic rings. The zero-order chi connectivity index (χ0) is 15.4. The molecule has 1 amide bonds. The maximum absolute atomic E-state index is 13.1. The number of nitrogens with zero attached hydrogens (tertiary/aromatic N) is 2. The van der Waals surface area contributed by atoms with E-state index in [0.717, 1.165) is 51.3 Å². The second-order valence-corrected chi connectivity index (χ2v) is 6.37. The highest BCUT2D eigenvalue weighted by molar-refractivity contribution is 5.80. The van der Waals surface area contributed by atoms with Crippen molar-refractivity contribution in [3.63, 3.8) is 0 Å². The third-order valence-electron chi connectivity index (χ3n) is 5.17. The van der Waals surface area contributed by atoms with Crippen molar-refractivity contribution in [2.75, 3.05) is 32.8 Å². The number of carbonyl (C=O) groups excluding carboxylic acids is 1. The summed E-state index contributed by atoms with van der Waals surface area (Å²) in [6.45, 7) is 6.76. The minimum Gasteiger partial charge on any atom is -0.381 e. The number of hydrogen-bond acceptors (Lipinski definition) is 4. The first-order chi connectivity index (χ1) is 10.7. The molecule has 0 bridgehead atoms. The molecule has 0 saturated carbocycles. The van der Waals surface area contributed by atoms with Gasteiger partial charge in [0.1, 0.15) is 0 Å². The van der Waals surface area contributed by atoms with Crippen molar-refractivity contribution in [3.8, 4) is 0 Å². The monoisotopic (exact) mass is 303 g/mol. The molecule has 0 aromatic carbocycles. The molecule has 1 atom stereocenters. The molecule has 3 rings (SSSR count). The van der Waals surface area contributed by atoms with Crippen LogP contribution in [0.15, 0.2) is 24.5 Å². The number of nitrogens with one attached hydrogen (secondary N) is 1. The van der Waals surface area contributed by atoms with Crippen molar-refractivity contribution in [2.24, 2.45) is 11.3 Å². The van der Waals surface area contributed by atoms with Gasteiger partial charge in [0.2, 0.25) is 5.91 Å². The van der Waals surface area contributed by atoms with Crippen LogP contribution in [0.2, 0.25) is 0 Å². The highest BCUT2D eigenvalue weighted by atomic mass is 16.5. The second kappa shape index (κ2) is 6.75. The summed E-state index contributed by atoms with van der Waals surface area (Å²) in [6, 6.07) is 3.96. The summed E-state index contributed by atoms with van der Waals surface area (Å²) in [5.74, 6) is 0.365. The molecule has 3 heterocycles. The Kier molecular flexibility index (Phi) is 4.74. The lowest BCUT2D eigenvalue weighted by Crippen LogP contribution is -2.46. The average molecular weight is 303 g/mol. The second-order valence-electron chi connectivity index (χ2n) is 6.37. The Morgan fingerprint density at radius 2 is 2.14 bits per heavy atom. The third-order valence-corrected chi connectivity index (χ3v) is 5.17. The van der Waals surface area contributed by atoms with Crippen molar-refractivity contribution in [3.05, 3.63) is 30.1 Å². The van der Waals surface area contributed by atoms with Gasteiger partial charge in [-0.05, 0) is 42.9 Å². The Balaban J connectivity index is 1.73. The molecule has 2 fully saturated rings. The molecule has 0 radical (unpaired) electrons. The van der Waals surface area contributed by atoms with Crippen LogP contribution >= 0.6 is 0 Å². The number of aromatic nitrogens is 1. The Bertz CT molecular complexity index is 500. The highest BCUT2D eigenvalue weighted by Crippen LogP contribution is 2.41. The summed E-state index contributed by atoms with van der Waals surface area (Å²) in [5, 5.41) is 3.44. The number of rotatable bonds is 4. The van der Waals surface area contributed by atoms with Crippen LogP contribution in [-0.2, 0) is 16.1 Å². The molecule has 1 spiro atoms. The van der Waals surface area contributed by atoms with Crippen molar-refractivity contribution in [2.45, 2.75) is 26.3 Å². The number of pyridine rings is 1. The zero-order valence-electron chi connectivity index (χ0n) is 13.3. The number of amides is 1. The van der Waals surface area contributed by atoms with E-state index in [4.69, 9.17) is 4.74 Å². The van der Waals surface area contributed by atoms with Crippen molar-refractivity contribution in [1.82, 2.24) is 15.2 Å². The Labute approximate surface area is 132 Å². The molecule has 120 valence electrons. The van der Waals surface area contributed by atoms with Gasteiger partial charge in [-0.25, -0.2) is 0 Å². The first-order valence-electron chi connectivity index (χ1n) is 8.21. The third kappa shape index (κ3) is 3.01. The molecule has 1 aromatic heterocycles. The van der Waals surface area contributed by atoms with E-state index >= 15 is 0 Å². The minimum absolute atomic E-state index is 0.0817. The quantitative estimate of drug-likeness (QED) is 0.914.